The van der Waals surface area contributed by atoms with Crippen molar-refractivity contribution >= 4 is 6.08 Å². The Morgan fingerprint density at radius 2 is 2.50 bits per heavy atom. The summed E-state index contributed by atoms with van der Waals surface area (Å²) in [6.07, 6.45) is 4.65. The quantitative estimate of drug-likeness (QED) is 0.550. The molecule has 50 valence electrons. The number of hydrogen-bond donors (Lipinski definition) is 0. The molecule has 2 heteroatoms. The highest BCUT2D eigenvalue weighted by molar-refractivity contribution is 5.49. The standard InChI is InChI=1S/C8H7NO/c1-7-4-6-10-8(7)3-2-5-9/h2-4,6H,1H3/b3-2+. The lowest BCUT2D eigenvalue weighted by molar-refractivity contribution is 0.555. The van der Waals surface area contributed by atoms with E-state index in [4.69, 9.17) is 9.68 Å². The van der Waals surface area contributed by atoms with E-state index < -0.39 is 0 Å². The molecule has 1 rings (SSSR count). The number of nitrogens with zero attached hydrogens (tertiary/aromatic N) is 1. The van der Waals surface area contributed by atoms with E-state index in [2.05, 4.69) is 0 Å². The van der Waals surface area contributed by atoms with Crippen LogP contribution in [0.15, 0.2) is 22.8 Å². The molecule has 1 aromatic rings. The van der Waals surface area contributed by atoms with Crippen LogP contribution in [0.3, 0.4) is 0 Å². The third-order valence-corrected chi connectivity index (χ3v) is 1.21. The number of allylic oxidation sites excluding steroid dienone is 1. The lowest BCUT2D eigenvalue weighted by Crippen LogP contribution is -1.67. The molecule has 0 fully saturated rings. The fraction of sp³-hybridized carbons (Fsp3) is 0.125. The van der Waals surface area contributed by atoms with Crippen molar-refractivity contribution in [1.82, 2.24) is 0 Å². The monoisotopic (exact) mass is 133 g/mol. The number of aryl methyl sites for hydroxylation is 1. The molecule has 1 heterocycles. The van der Waals surface area contributed by atoms with Crippen LogP contribution in [0, 0.1) is 18.3 Å². The number of rotatable bonds is 1. The van der Waals surface area contributed by atoms with Crippen LogP contribution in [0.2, 0.25) is 0 Å². The summed E-state index contributed by atoms with van der Waals surface area (Å²) >= 11 is 0. The highest BCUT2D eigenvalue weighted by Crippen LogP contribution is 2.09. The maximum atomic E-state index is 8.18. The lowest BCUT2D eigenvalue weighted by Gasteiger charge is -1.83. The zero-order valence-corrected chi connectivity index (χ0v) is 5.66. The topological polar surface area (TPSA) is 36.9 Å². The molecule has 0 aliphatic rings. The highest BCUT2D eigenvalue weighted by atomic mass is 16.3. The van der Waals surface area contributed by atoms with Crippen molar-refractivity contribution in [2.75, 3.05) is 0 Å². The summed E-state index contributed by atoms with van der Waals surface area (Å²) in [6.45, 7) is 1.93. The van der Waals surface area contributed by atoms with Crippen LogP contribution >= 0.6 is 0 Å². The fourth-order valence-electron chi connectivity index (χ4n) is 0.668. The number of nitriles is 1. The smallest absolute Gasteiger partial charge is 0.130 e. The van der Waals surface area contributed by atoms with E-state index in [0.29, 0.717) is 0 Å². The van der Waals surface area contributed by atoms with E-state index in [1.54, 1.807) is 12.3 Å². The molecule has 0 aliphatic carbocycles. The summed E-state index contributed by atoms with van der Waals surface area (Å²) in [6, 6.07) is 3.75. The Kier molecular flexibility index (Phi) is 1.91. The Hall–Kier alpha value is -1.49. The van der Waals surface area contributed by atoms with Gasteiger partial charge in [0.05, 0.1) is 12.3 Å². The molecule has 0 radical (unpaired) electrons. The molecule has 0 amide bonds. The molecule has 0 spiro atoms. The summed E-state index contributed by atoms with van der Waals surface area (Å²) in [7, 11) is 0. The van der Waals surface area contributed by atoms with Crippen molar-refractivity contribution in [1.29, 1.82) is 5.26 Å². The third kappa shape index (κ3) is 1.26. The minimum absolute atomic E-state index is 0.751. The predicted octanol–water partition coefficient (Wildman–Crippen LogP) is 2.12. The Bertz CT molecular complexity index is 278. The molecule has 2 nitrogen and oxygen atoms in total. The summed E-state index contributed by atoms with van der Waals surface area (Å²) < 4.78 is 5.03. The van der Waals surface area contributed by atoms with Gasteiger partial charge in [0, 0.05) is 6.08 Å². The zero-order chi connectivity index (χ0) is 7.40. The van der Waals surface area contributed by atoms with Crippen molar-refractivity contribution in [2.24, 2.45) is 0 Å². The Labute approximate surface area is 59.4 Å². The van der Waals surface area contributed by atoms with Gasteiger partial charge in [0.25, 0.3) is 0 Å². The minimum atomic E-state index is 0.751. The van der Waals surface area contributed by atoms with Crippen LogP contribution in [0.1, 0.15) is 11.3 Å². The van der Waals surface area contributed by atoms with Gasteiger partial charge in [0.1, 0.15) is 5.76 Å². The van der Waals surface area contributed by atoms with Crippen molar-refractivity contribution in [3.8, 4) is 6.07 Å². The van der Waals surface area contributed by atoms with Crippen LogP contribution in [0.5, 0.6) is 0 Å². The van der Waals surface area contributed by atoms with Crippen molar-refractivity contribution in [3.05, 3.63) is 29.7 Å². The van der Waals surface area contributed by atoms with Gasteiger partial charge in [0.15, 0.2) is 0 Å². The molecule has 0 N–H and O–H groups in total. The largest absolute Gasteiger partial charge is 0.465 e. The second-order valence-electron chi connectivity index (χ2n) is 1.93. The second-order valence-corrected chi connectivity index (χ2v) is 1.93. The van der Waals surface area contributed by atoms with E-state index >= 15 is 0 Å². The molecule has 1 aromatic heterocycles. The van der Waals surface area contributed by atoms with Crippen LogP contribution in [-0.4, -0.2) is 0 Å². The Balaban J connectivity index is 2.87. The molecular formula is C8H7NO. The van der Waals surface area contributed by atoms with Gasteiger partial charge in [-0.1, -0.05) is 0 Å². The van der Waals surface area contributed by atoms with Crippen molar-refractivity contribution in [3.63, 3.8) is 0 Å². The van der Waals surface area contributed by atoms with Crippen molar-refractivity contribution < 1.29 is 4.42 Å². The Morgan fingerprint density at radius 1 is 1.70 bits per heavy atom. The fourth-order valence-corrected chi connectivity index (χ4v) is 0.668. The van der Waals surface area contributed by atoms with E-state index in [9.17, 15) is 0 Å². The Morgan fingerprint density at radius 3 is 3.00 bits per heavy atom. The van der Waals surface area contributed by atoms with Gasteiger partial charge < -0.3 is 4.42 Å². The van der Waals surface area contributed by atoms with Gasteiger partial charge >= 0.3 is 0 Å². The highest BCUT2D eigenvalue weighted by Gasteiger charge is 1.93. The van der Waals surface area contributed by atoms with E-state index in [1.807, 2.05) is 19.1 Å². The molecule has 0 bridgehead atoms. The van der Waals surface area contributed by atoms with Crippen LogP contribution in [-0.2, 0) is 0 Å². The summed E-state index contributed by atoms with van der Waals surface area (Å²) in [5, 5.41) is 8.18. The van der Waals surface area contributed by atoms with E-state index in [-0.39, 0.29) is 0 Å². The van der Waals surface area contributed by atoms with Crippen LogP contribution in [0.25, 0.3) is 6.08 Å². The summed E-state index contributed by atoms with van der Waals surface area (Å²) in [5.74, 6) is 0.751. The van der Waals surface area contributed by atoms with Gasteiger partial charge in [0.2, 0.25) is 0 Å². The molecule has 10 heavy (non-hydrogen) atoms. The van der Waals surface area contributed by atoms with Crippen LogP contribution < -0.4 is 0 Å². The molecule has 0 atom stereocenters. The molecule has 0 saturated heterocycles. The molecule has 0 aromatic carbocycles. The SMILES string of the molecule is Cc1ccoc1/C=C/C#N. The predicted molar refractivity (Wildman–Crippen MR) is 38.1 cm³/mol. The zero-order valence-electron chi connectivity index (χ0n) is 5.66. The summed E-state index contributed by atoms with van der Waals surface area (Å²) in [4.78, 5) is 0. The first-order valence-electron chi connectivity index (χ1n) is 2.95. The van der Waals surface area contributed by atoms with Gasteiger partial charge in [-0.25, -0.2) is 0 Å². The molecule has 0 unspecified atom stereocenters. The van der Waals surface area contributed by atoms with Gasteiger partial charge in [-0.2, -0.15) is 5.26 Å². The second kappa shape index (κ2) is 2.88. The van der Waals surface area contributed by atoms with E-state index in [1.165, 1.54) is 6.08 Å². The first kappa shape index (κ1) is 6.63. The maximum absolute atomic E-state index is 8.18. The minimum Gasteiger partial charge on any atom is -0.465 e. The number of hydrogen-bond acceptors (Lipinski definition) is 2. The lowest BCUT2D eigenvalue weighted by atomic mass is 10.3. The van der Waals surface area contributed by atoms with Crippen molar-refractivity contribution in [2.45, 2.75) is 6.92 Å². The average Bonchev–Trinajstić information content (AvgIpc) is 2.31. The molecular weight excluding hydrogens is 126 g/mol. The van der Waals surface area contributed by atoms with Gasteiger partial charge in [-0.3, -0.25) is 0 Å². The van der Waals surface area contributed by atoms with E-state index in [0.717, 1.165) is 11.3 Å². The third-order valence-electron chi connectivity index (χ3n) is 1.21. The first-order chi connectivity index (χ1) is 4.84. The van der Waals surface area contributed by atoms with Gasteiger partial charge in [-0.15, -0.1) is 0 Å². The molecule has 0 saturated carbocycles. The number of furan rings is 1. The van der Waals surface area contributed by atoms with Crippen LogP contribution in [0.4, 0.5) is 0 Å². The summed E-state index contributed by atoms with van der Waals surface area (Å²) in [5.41, 5.74) is 1.05. The van der Waals surface area contributed by atoms with Gasteiger partial charge in [-0.05, 0) is 24.6 Å². The first-order valence-corrected chi connectivity index (χ1v) is 2.95. The maximum Gasteiger partial charge on any atom is 0.130 e. The average molecular weight is 133 g/mol. The normalized spacial score (nSPS) is 10.0. The molecule has 0 aliphatic heterocycles.